The fourth-order valence-electron chi connectivity index (χ4n) is 2.35. The molecule has 2 aromatic carbocycles. The minimum absolute atomic E-state index is 0.365. The van der Waals surface area contributed by atoms with E-state index in [-0.39, 0.29) is 5.56 Å². The highest BCUT2D eigenvalue weighted by molar-refractivity contribution is 7.89. The molecule has 0 heterocycles. The van der Waals surface area contributed by atoms with E-state index in [1.807, 2.05) is 0 Å². The van der Waals surface area contributed by atoms with E-state index in [1.165, 1.54) is 6.07 Å². The summed E-state index contributed by atoms with van der Waals surface area (Å²) in [4.78, 5) is -1.01. The molecule has 26 heavy (non-hydrogen) atoms. The van der Waals surface area contributed by atoms with Crippen LogP contribution in [0.25, 0.3) is 0 Å². The zero-order valence-electron chi connectivity index (χ0n) is 13.3. The van der Waals surface area contributed by atoms with Crippen molar-refractivity contribution >= 4 is 10.0 Å². The average Bonchev–Trinajstić information content (AvgIpc) is 2.53. The first-order valence-corrected chi connectivity index (χ1v) is 8.57. The number of alkyl halides is 6. The van der Waals surface area contributed by atoms with Crippen LogP contribution < -0.4 is 0 Å². The number of nitrogens with zero attached hydrogens (tertiary/aromatic N) is 1. The Morgan fingerprint density at radius 1 is 0.808 bits per heavy atom. The van der Waals surface area contributed by atoms with E-state index in [4.69, 9.17) is 0 Å². The lowest BCUT2D eigenvalue weighted by atomic mass is 10.1. The summed E-state index contributed by atoms with van der Waals surface area (Å²) in [6, 6.07) is 7.79. The van der Waals surface area contributed by atoms with Crippen LogP contribution in [0.5, 0.6) is 0 Å². The molecule has 0 saturated carbocycles. The van der Waals surface area contributed by atoms with E-state index in [0.717, 1.165) is 43.4 Å². The third-order valence-electron chi connectivity index (χ3n) is 3.60. The lowest BCUT2D eigenvalue weighted by Gasteiger charge is -2.22. The zero-order chi connectivity index (χ0) is 19.8. The van der Waals surface area contributed by atoms with E-state index in [1.54, 1.807) is 0 Å². The second-order valence-electron chi connectivity index (χ2n) is 5.41. The Morgan fingerprint density at radius 2 is 1.27 bits per heavy atom. The van der Waals surface area contributed by atoms with Crippen LogP contribution in [0.4, 0.5) is 26.3 Å². The molecule has 0 fully saturated rings. The van der Waals surface area contributed by atoms with Crippen molar-refractivity contribution in [2.24, 2.45) is 0 Å². The second-order valence-corrected chi connectivity index (χ2v) is 7.42. The van der Waals surface area contributed by atoms with Crippen molar-refractivity contribution in [2.75, 3.05) is 7.05 Å². The van der Waals surface area contributed by atoms with Crippen molar-refractivity contribution in [3.8, 4) is 0 Å². The summed E-state index contributed by atoms with van der Waals surface area (Å²) in [7, 11) is -3.74. The van der Waals surface area contributed by atoms with E-state index < -0.39 is 44.9 Å². The molecular weight excluding hydrogens is 384 g/mol. The first-order valence-electron chi connectivity index (χ1n) is 7.13. The van der Waals surface area contributed by atoms with Gasteiger partial charge >= 0.3 is 12.4 Å². The third-order valence-corrected chi connectivity index (χ3v) is 5.46. The van der Waals surface area contributed by atoms with Gasteiger partial charge in [-0.3, -0.25) is 0 Å². The molecule has 10 heteroatoms. The summed E-state index contributed by atoms with van der Waals surface area (Å²) in [6.45, 7) is -0.732. The van der Waals surface area contributed by atoms with Crippen LogP contribution in [0, 0.1) is 0 Å². The van der Waals surface area contributed by atoms with E-state index in [2.05, 4.69) is 0 Å². The standard InChI is InChI=1S/C16H13F6NO2S/c1-23(10-11-6-2-3-7-12(11)15(17,18)19)26(24,25)14-9-5-4-8-13(14)16(20,21)22/h2-9H,10H2,1H3. The van der Waals surface area contributed by atoms with Gasteiger partial charge in [0, 0.05) is 13.6 Å². The third kappa shape index (κ3) is 4.18. The van der Waals surface area contributed by atoms with Crippen molar-refractivity contribution in [3.05, 3.63) is 65.2 Å². The quantitative estimate of drug-likeness (QED) is 0.711. The number of sulfonamides is 1. The van der Waals surface area contributed by atoms with Crippen LogP contribution >= 0.6 is 0 Å². The van der Waals surface area contributed by atoms with Crippen molar-refractivity contribution in [2.45, 2.75) is 23.8 Å². The highest BCUT2D eigenvalue weighted by atomic mass is 32.2. The molecule has 3 nitrogen and oxygen atoms in total. The summed E-state index contributed by atoms with van der Waals surface area (Å²) in [5.74, 6) is 0. The van der Waals surface area contributed by atoms with Gasteiger partial charge in [0.1, 0.15) is 0 Å². The van der Waals surface area contributed by atoms with Gasteiger partial charge in [-0.15, -0.1) is 0 Å². The van der Waals surface area contributed by atoms with Gasteiger partial charge in [0.05, 0.1) is 16.0 Å². The van der Waals surface area contributed by atoms with Crippen molar-refractivity contribution in [1.82, 2.24) is 4.31 Å². The van der Waals surface area contributed by atoms with Crippen molar-refractivity contribution < 1.29 is 34.8 Å². The van der Waals surface area contributed by atoms with Gasteiger partial charge in [-0.1, -0.05) is 30.3 Å². The lowest BCUT2D eigenvalue weighted by molar-refractivity contribution is -0.140. The predicted octanol–water partition coefficient (Wildman–Crippen LogP) is 4.54. The Kier molecular flexibility index (Phi) is 5.39. The summed E-state index contributed by atoms with van der Waals surface area (Å²) < 4.78 is 104. The summed E-state index contributed by atoms with van der Waals surface area (Å²) >= 11 is 0. The Hall–Kier alpha value is -2.07. The lowest BCUT2D eigenvalue weighted by Crippen LogP contribution is -2.29. The molecule has 0 N–H and O–H groups in total. The Balaban J connectivity index is 2.45. The van der Waals surface area contributed by atoms with E-state index in [0.29, 0.717) is 10.4 Å². The average molecular weight is 397 g/mol. The van der Waals surface area contributed by atoms with Crippen LogP contribution in [0.15, 0.2) is 53.4 Å². The zero-order valence-corrected chi connectivity index (χ0v) is 14.1. The molecule has 0 aromatic heterocycles. The van der Waals surface area contributed by atoms with Gasteiger partial charge in [-0.2, -0.15) is 30.6 Å². The first-order chi connectivity index (χ1) is 11.8. The van der Waals surface area contributed by atoms with Gasteiger partial charge in [-0.05, 0) is 23.8 Å². The molecule has 0 amide bonds. The highest BCUT2D eigenvalue weighted by Crippen LogP contribution is 2.36. The van der Waals surface area contributed by atoms with Crippen molar-refractivity contribution in [3.63, 3.8) is 0 Å². The van der Waals surface area contributed by atoms with Crippen LogP contribution in [0.2, 0.25) is 0 Å². The summed E-state index contributed by atoms with van der Waals surface area (Å²) in [6.07, 6.45) is -9.64. The molecule has 0 unspecified atom stereocenters. The highest BCUT2D eigenvalue weighted by Gasteiger charge is 2.39. The minimum atomic E-state index is -4.92. The maximum absolute atomic E-state index is 13.1. The fourth-order valence-corrected chi connectivity index (χ4v) is 3.71. The molecule has 0 bridgehead atoms. The molecule has 0 aliphatic carbocycles. The van der Waals surface area contributed by atoms with Gasteiger partial charge in [0.25, 0.3) is 0 Å². The Labute approximate surface area is 145 Å². The van der Waals surface area contributed by atoms with Crippen LogP contribution in [-0.2, 0) is 28.9 Å². The topological polar surface area (TPSA) is 37.4 Å². The number of hydrogen-bond acceptors (Lipinski definition) is 2. The number of rotatable bonds is 4. The van der Waals surface area contributed by atoms with E-state index >= 15 is 0 Å². The molecule has 0 aliphatic rings. The molecule has 2 aromatic rings. The van der Waals surface area contributed by atoms with E-state index in [9.17, 15) is 34.8 Å². The molecule has 0 radical (unpaired) electrons. The summed E-state index contributed by atoms with van der Waals surface area (Å²) in [5.41, 5.74) is -2.79. The van der Waals surface area contributed by atoms with Gasteiger partial charge in [-0.25, -0.2) is 8.42 Å². The van der Waals surface area contributed by atoms with Crippen molar-refractivity contribution in [1.29, 1.82) is 0 Å². The Bertz CT molecular complexity index is 890. The molecular formula is C16H13F6NO2S. The molecule has 2 rings (SSSR count). The number of hydrogen-bond donors (Lipinski definition) is 0. The van der Waals surface area contributed by atoms with Crippen LogP contribution in [0.1, 0.15) is 16.7 Å². The molecule has 142 valence electrons. The number of halogens is 6. The van der Waals surface area contributed by atoms with Crippen LogP contribution in [-0.4, -0.2) is 19.8 Å². The fraction of sp³-hybridized carbons (Fsp3) is 0.250. The molecule has 0 aliphatic heterocycles. The maximum atomic E-state index is 13.1. The first kappa shape index (κ1) is 20.2. The van der Waals surface area contributed by atoms with Crippen LogP contribution in [0.3, 0.4) is 0 Å². The van der Waals surface area contributed by atoms with Gasteiger partial charge < -0.3 is 0 Å². The van der Waals surface area contributed by atoms with Gasteiger partial charge in [0.15, 0.2) is 0 Å². The predicted molar refractivity (Wildman–Crippen MR) is 81.5 cm³/mol. The Morgan fingerprint density at radius 3 is 1.81 bits per heavy atom. The normalized spacial score (nSPS) is 13.2. The monoisotopic (exact) mass is 397 g/mol. The summed E-state index contributed by atoms with van der Waals surface area (Å²) in [5, 5.41) is 0. The smallest absolute Gasteiger partial charge is 0.207 e. The largest absolute Gasteiger partial charge is 0.417 e. The maximum Gasteiger partial charge on any atom is 0.417 e. The molecule has 0 spiro atoms. The second kappa shape index (κ2) is 6.92. The number of benzene rings is 2. The van der Waals surface area contributed by atoms with Gasteiger partial charge in [0.2, 0.25) is 10.0 Å². The molecule has 0 atom stereocenters. The minimum Gasteiger partial charge on any atom is -0.207 e. The molecule has 0 saturated heterocycles. The SMILES string of the molecule is CN(Cc1ccccc1C(F)(F)F)S(=O)(=O)c1ccccc1C(F)(F)F.